The van der Waals surface area contributed by atoms with Crippen LogP contribution in [0.2, 0.25) is 0 Å². The van der Waals surface area contributed by atoms with Crippen molar-refractivity contribution in [3.05, 3.63) is 41.2 Å². The quantitative estimate of drug-likeness (QED) is 0.585. The van der Waals surface area contributed by atoms with Gasteiger partial charge in [-0.15, -0.1) is 11.3 Å². The largest absolute Gasteiger partial charge is 0.451 e. The van der Waals surface area contributed by atoms with Gasteiger partial charge in [0, 0.05) is 17.5 Å². The highest BCUT2D eigenvalue weighted by Crippen LogP contribution is 2.24. The first-order valence-electron chi connectivity index (χ1n) is 7.75. The van der Waals surface area contributed by atoms with E-state index >= 15 is 0 Å². The van der Waals surface area contributed by atoms with E-state index in [9.17, 15) is 14.0 Å². The molecule has 128 valence electrons. The van der Waals surface area contributed by atoms with E-state index in [1.54, 1.807) is 17.5 Å². The first-order valence-corrected chi connectivity index (χ1v) is 8.63. The van der Waals surface area contributed by atoms with E-state index in [1.165, 1.54) is 23.5 Å². The topological polar surface area (TPSA) is 68.3 Å². The number of esters is 1. The minimum Gasteiger partial charge on any atom is -0.451 e. The highest BCUT2D eigenvalue weighted by molar-refractivity contribution is 7.13. The van der Waals surface area contributed by atoms with E-state index in [-0.39, 0.29) is 24.0 Å². The average Bonchev–Trinajstić information content (AvgIpc) is 3.07. The van der Waals surface area contributed by atoms with E-state index in [4.69, 9.17) is 4.74 Å². The lowest BCUT2D eigenvalue weighted by Crippen LogP contribution is -2.29. The van der Waals surface area contributed by atoms with Crippen LogP contribution in [-0.2, 0) is 9.53 Å². The van der Waals surface area contributed by atoms with Crippen molar-refractivity contribution >= 4 is 23.2 Å². The third-order valence-electron chi connectivity index (χ3n) is 3.24. The first kappa shape index (κ1) is 18.1. The molecule has 5 nitrogen and oxygen atoms in total. The van der Waals surface area contributed by atoms with E-state index in [0.717, 1.165) is 19.3 Å². The molecule has 0 aliphatic rings. The highest BCUT2D eigenvalue weighted by Gasteiger charge is 2.14. The lowest BCUT2D eigenvalue weighted by atomic mass is 10.2. The Balaban J connectivity index is 1.83. The van der Waals surface area contributed by atoms with Crippen LogP contribution >= 0.6 is 11.3 Å². The zero-order valence-electron chi connectivity index (χ0n) is 13.4. The number of amides is 1. The molecule has 7 heteroatoms. The molecule has 0 atom stereocenters. The molecular weight excluding hydrogens is 331 g/mol. The molecule has 0 unspecified atom stereocenters. The lowest BCUT2D eigenvalue weighted by Gasteiger charge is -2.05. The number of carbonyl (C=O) groups excluding carboxylic acids is 2. The number of aromatic nitrogens is 1. The molecule has 0 saturated carbocycles. The molecule has 2 rings (SSSR count). The van der Waals surface area contributed by atoms with Gasteiger partial charge in [-0.05, 0) is 30.7 Å². The number of benzene rings is 1. The summed E-state index contributed by atoms with van der Waals surface area (Å²) < 4.78 is 17.9. The maximum atomic E-state index is 12.9. The second-order valence-electron chi connectivity index (χ2n) is 5.18. The number of ether oxygens (including phenoxy) is 1. The standard InChI is InChI=1S/C17H19FN2O3S/c1-2-3-4-9-19-15(21)10-23-17(22)14-11-24-16(20-14)12-5-7-13(18)8-6-12/h5-8,11H,2-4,9-10H2,1H3,(H,19,21). The fourth-order valence-corrected chi connectivity index (χ4v) is 2.75. The summed E-state index contributed by atoms with van der Waals surface area (Å²) in [5.41, 5.74) is 0.854. The molecule has 0 fully saturated rings. The van der Waals surface area contributed by atoms with Crippen molar-refractivity contribution in [1.29, 1.82) is 0 Å². The number of nitrogens with one attached hydrogen (secondary N) is 1. The molecule has 0 spiro atoms. The smallest absolute Gasteiger partial charge is 0.358 e. The molecule has 1 N–H and O–H groups in total. The fourth-order valence-electron chi connectivity index (χ4n) is 1.95. The molecule has 1 aromatic heterocycles. The summed E-state index contributed by atoms with van der Waals surface area (Å²) in [5.74, 6) is -1.31. The third-order valence-corrected chi connectivity index (χ3v) is 4.13. The maximum absolute atomic E-state index is 12.9. The van der Waals surface area contributed by atoms with E-state index < -0.39 is 5.97 Å². The Labute approximate surface area is 143 Å². The predicted octanol–water partition coefficient (Wildman–Crippen LogP) is 3.41. The van der Waals surface area contributed by atoms with Gasteiger partial charge in [0.15, 0.2) is 12.3 Å². The molecule has 0 saturated heterocycles. The van der Waals surface area contributed by atoms with Gasteiger partial charge < -0.3 is 10.1 Å². The van der Waals surface area contributed by atoms with Crippen LogP contribution in [0.5, 0.6) is 0 Å². The van der Waals surface area contributed by atoms with Gasteiger partial charge >= 0.3 is 5.97 Å². The highest BCUT2D eigenvalue weighted by atomic mass is 32.1. The number of halogens is 1. The predicted molar refractivity (Wildman–Crippen MR) is 90.3 cm³/mol. The van der Waals surface area contributed by atoms with Crippen LogP contribution in [0.1, 0.15) is 36.7 Å². The van der Waals surface area contributed by atoms with Gasteiger partial charge in [0.25, 0.3) is 5.91 Å². The van der Waals surface area contributed by atoms with Crippen LogP contribution in [0.3, 0.4) is 0 Å². The summed E-state index contributed by atoms with van der Waals surface area (Å²) in [6, 6.07) is 5.84. The molecule has 1 amide bonds. The van der Waals surface area contributed by atoms with Gasteiger partial charge in [-0.25, -0.2) is 14.2 Å². The molecule has 0 aliphatic heterocycles. The summed E-state index contributed by atoms with van der Waals surface area (Å²) in [6.45, 7) is 2.33. The van der Waals surface area contributed by atoms with Crippen LogP contribution in [0.25, 0.3) is 10.6 Å². The minimum atomic E-state index is -0.650. The number of hydrogen-bond acceptors (Lipinski definition) is 5. The van der Waals surface area contributed by atoms with Crippen LogP contribution < -0.4 is 5.32 Å². The maximum Gasteiger partial charge on any atom is 0.358 e. The molecule has 1 aromatic carbocycles. The summed E-state index contributed by atoms with van der Waals surface area (Å²) in [4.78, 5) is 27.6. The molecule has 24 heavy (non-hydrogen) atoms. The van der Waals surface area contributed by atoms with Crippen molar-refractivity contribution in [2.45, 2.75) is 26.2 Å². The zero-order valence-corrected chi connectivity index (χ0v) is 14.2. The Bertz CT molecular complexity index is 685. The number of rotatable bonds is 8. The van der Waals surface area contributed by atoms with Gasteiger partial charge in [-0.2, -0.15) is 0 Å². The average molecular weight is 350 g/mol. The van der Waals surface area contributed by atoms with E-state index in [2.05, 4.69) is 17.2 Å². The zero-order chi connectivity index (χ0) is 17.4. The Morgan fingerprint density at radius 2 is 2.00 bits per heavy atom. The van der Waals surface area contributed by atoms with Crippen molar-refractivity contribution in [3.8, 4) is 10.6 Å². The fraction of sp³-hybridized carbons (Fsp3) is 0.353. The van der Waals surface area contributed by atoms with Gasteiger partial charge in [-0.1, -0.05) is 19.8 Å². The Kier molecular flexibility index (Phi) is 6.87. The second kappa shape index (κ2) is 9.12. The molecule has 2 aromatic rings. The normalized spacial score (nSPS) is 10.4. The SMILES string of the molecule is CCCCCNC(=O)COC(=O)c1csc(-c2ccc(F)cc2)n1. The summed E-state index contributed by atoms with van der Waals surface area (Å²) >= 11 is 1.26. The van der Waals surface area contributed by atoms with Gasteiger partial charge in [0.1, 0.15) is 10.8 Å². The third kappa shape index (κ3) is 5.42. The summed E-state index contributed by atoms with van der Waals surface area (Å²) in [5, 5.41) is 4.84. The van der Waals surface area contributed by atoms with Gasteiger partial charge in [0.05, 0.1) is 0 Å². The van der Waals surface area contributed by atoms with Crippen LogP contribution in [-0.4, -0.2) is 30.0 Å². The number of thiazole rings is 1. The Morgan fingerprint density at radius 3 is 2.71 bits per heavy atom. The first-order chi connectivity index (χ1) is 11.6. The number of nitrogens with zero attached hydrogens (tertiary/aromatic N) is 1. The molecule has 1 heterocycles. The van der Waals surface area contributed by atoms with Crippen molar-refractivity contribution in [3.63, 3.8) is 0 Å². The Morgan fingerprint density at radius 1 is 1.25 bits per heavy atom. The Hall–Kier alpha value is -2.28. The lowest BCUT2D eigenvalue weighted by molar-refractivity contribution is -0.124. The monoisotopic (exact) mass is 350 g/mol. The van der Waals surface area contributed by atoms with Crippen LogP contribution in [0.15, 0.2) is 29.6 Å². The number of unbranched alkanes of at least 4 members (excludes halogenated alkanes) is 2. The minimum absolute atomic E-state index is 0.137. The molecule has 0 aliphatic carbocycles. The molecule has 0 radical (unpaired) electrons. The number of carbonyl (C=O) groups is 2. The van der Waals surface area contributed by atoms with Crippen molar-refractivity contribution < 1.29 is 18.7 Å². The van der Waals surface area contributed by atoms with Crippen LogP contribution in [0, 0.1) is 5.82 Å². The van der Waals surface area contributed by atoms with Gasteiger partial charge in [0.2, 0.25) is 0 Å². The molecular formula is C17H19FN2O3S. The van der Waals surface area contributed by atoms with E-state index in [1.807, 2.05) is 0 Å². The van der Waals surface area contributed by atoms with Crippen LogP contribution in [0.4, 0.5) is 4.39 Å². The van der Waals surface area contributed by atoms with E-state index in [0.29, 0.717) is 17.1 Å². The van der Waals surface area contributed by atoms with Crippen molar-refractivity contribution in [2.24, 2.45) is 0 Å². The summed E-state index contributed by atoms with van der Waals surface area (Å²) in [7, 11) is 0. The summed E-state index contributed by atoms with van der Waals surface area (Å²) in [6.07, 6.45) is 3.03. The second-order valence-corrected chi connectivity index (χ2v) is 6.04. The number of hydrogen-bond donors (Lipinski definition) is 1. The molecule has 0 bridgehead atoms. The van der Waals surface area contributed by atoms with Crippen molar-refractivity contribution in [1.82, 2.24) is 10.3 Å². The van der Waals surface area contributed by atoms with Gasteiger partial charge in [-0.3, -0.25) is 4.79 Å². The van der Waals surface area contributed by atoms with Crippen molar-refractivity contribution in [2.75, 3.05) is 13.2 Å².